The van der Waals surface area contributed by atoms with E-state index >= 15 is 0 Å². The smallest absolute Gasteiger partial charge is 0.0831 e. The Balaban J connectivity index is 2.73. The van der Waals surface area contributed by atoms with Crippen LogP contribution >= 0.6 is 0 Å². The lowest BCUT2D eigenvalue weighted by Gasteiger charge is -2.40. The van der Waals surface area contributed by atoms with Crippen LogP contribution in [-0.4, -0.2) is 25.3 Å². The van der Waals surface area contributed by atoms with E-state index < -0.39 is 0 Å². The molecule has 0 aromatic carbocycles. The summed E-state index contributed by atoms with van der Waals surface area (Å²) in [6.07, 6.45) is 11.2. The van der Waals surface area contributed by atoms with Gasteiger partial charge in [-0.1, -0.05) is 38.2 Å². The lowest BCUT2D eigenvalue weighted by molar-refractivity contribution is -0.0546. The average molecular weight is 267 g/mol. The monoisotopic (exact) mass is 267 g/mol. The van der Waals surface area contributed by atoms with E-state index in [0.29, 0.717) is 6.04 Å². The van der Waals surface area contributed by atoms with Crippen LogP contribution in [0.2, 0.25) is 0 Å². The Hall–Kier alpha value is -0.340. The minimum atomic E-state index is 0.0567. The second kappa shape index (κ2) is 8.76. The standard InChI is InChI=1S/C17H33NO/c1-5-14-18-16(11-10-15(2)3)17(19-4)12-8-6-7-9-13-17/h16,18H,2,5-14H2,1,3-4H3. The van der Waals surface area contributed by atoms with Crippen molar-refractivity contribution in [1.29, 1.82) is 0 Å². The van der Waals surface area contributed by atoms with Crippen LogP contribution in [0.15, 0.2) is 12.2 Å². The summed E-state index contributed by atoms with van der Waals surface area (Å²) in [6, 6.07) is 0.479. The van der Waals surface area contributed by atoms with E-state index in [1.807, 2.05) is 7.11 Å². The molecule has 1 saturated carbocycles. The van der Waals surface area contributed by atoms with E-state index in [1.54, 1.807) is 0 Å². The number of hydrogen-bond donors (Lipinski definition) is 1. The summed E-state index contributed by atoms with van der Waals surface area (Å²) in [5.74, 6) is 0. The summed E-state index contributed by atoms with van der Waals surface area (Å²) in [7, 11) is 1.91. The molecule has 0 aromatic rings. The Morgan fingerprint density at radius 1 is 1.26 bits per heavy atom. The maximum absolute atomic E-state index is 6.06. The number of allylic oxidation sites excluding steroid dienone is 1. The van der Waals surface area contributed by atoms with Crippen molar-refractivity contribution in [3.05, 3.63) is 12.2 Å². The van der Waals surface area contributed by atoms with Crippen LogP contribution in [0.3, 0.4) is 0 Å². The van der Waals surface area contributed by atoms with Crippen molar-refractivity contribution in [3.8, 4) is 0 Å². The topological polar surface area (TPSA) is 21.3 Å². The number of rotatable bonds is 8. The van der Waals surface area contributed by atoms with Crippen molar-refractivity contribution in [2.24, 2.45) is 0 Å². The molecule has 0 spiro atoms. The summed E-state index contributed by atoms with van der Waals surface area (Å²) >= 11 is 0. The van der Waals surface area contributed by atoms with Crippen LogP contribution in [0, 0.1) is 0 Å². The van der Waals surface area contributed by atoms with Crippen molar-refractivity contribution < 1.29 is 4.74 Å². The minimum absolute atomic E-state index is 0.0567. The van der Waals surface area contributed by atoms with Crippen LogP contribution in [0.25, 0.3) is 0 Å². The van der Waals surface area contributed by atoms with Crippen LogP contribution in [0.4, 0.5) is 0 Å². The van der Waals surface area contributed by atoms with Gasteiger partial charge in [0.05, 0.1) is 5.60 Å². The number of nitrogens with one attached hydrogen (secondary N) is 1. The molecule has 0 amide bonds. The zero-order valence-electron chi connectivity index (χ0n) is 13.3. The third-order valence-electron chi connectivity index (χ3n) is 4.49. The Kier molecular flexibility index (Phi) is 7.70. The van der Waals surface area contributed by atoms with Crippen LogP contribution in [-0.2, 0) is 4.74 Å². The fourth-order valence-corrected chi connectivity index (χ4v) is 3.28. The van der Waals surface area contributed by atoms with E-state index in [0.717, 1.165) is 19.4 Å². The van der Waals surface area contributed by atoms with Gasteiger partial charge in [-0.3, -0.25) is 0 Å². The van der Waals surface area contributed by atoms with Gasteiger partial charge in [-0.25, -0.2) is 0 Å². The van der Waals surface area contributed by atoms with E-state index in [9.17, 15) is 0 Å². The van der Waals surface area contributed by atoms with Gasteiger partial charge in [0, 0.05) is 13.2 Å². The molecule has 0 heterocycles. The minimum Gasteiger partial charge on any atom is -0.377 e. The van der Waals surface area contributed by atoms with Gasteiger partial charge in [-0.05, 0) is 45.6 Å². The van der Waals surface area contributed by atoms with Crippen LogP contribution in [0.5, 0.6) is 0 Å². The SMILES string of the molecule is C=C(C)CCC(NCCC)C1(OC)CCCCCC1. The van der Waals surface area contributed by atoms with Gasteiger partial charge >= 0.3 is 0 Å². The molecule has 0 aliphatic heterocycles. The summed E-state index contributed by atoms with van der Waals surface area (Å²) in [4.78, 5) is 0. The first kappa shape index (κ1) is 16.7. The third-order valence-corrected chi connectivity index (χ3v) is 4.49. The lowest BCUT2D eigenvalue weighted by atomic mass is 9.83. The van der Waals surface area contributed by atoms with Crippen molar-refractivity contribution in [2.45, 2.75) is 83.3 Å². The number of ether oxygens (including phenoxy) is 1. The van der Waals surface area contributed by atoms with Crippen LogP contribution < -0.4 is 5.32 Å². The highest BCUT2D eigenvalue weighted by atomic mass is 16.5. The molecule has 1 aliphatic carbocycles. The van der Waals surface area contributed by atoms with E-state index in [-0.39, 0.29) is 5.60 Å². The molecule has 0 radical (unpaired) electrons. The summed E-state index contributed by atoms with van der Waals surface area (Å²) in [6.45, 7) is 9.50. The molecule has 1 rings (SSSR count). The van der Waals surface area contributed by atoms with E-state index in [2.05, 4.69) is 25.7 Å². The van der Waals surface area contributed by atoms with E-state index in [4.69, 9.17) is 4.74 Å². The molecule has 1 N–H and O–H groups in total. The zero-order chi connectivity index (χ0) is 14.1. The molecule has 0 aromatic heterocycles. The number of hydrogen-bond acceptors (Lipinski definition) is 2. The van der Waals surface area contributed by atoms with Gasteiger partial charge in [0.15, 0.2) is 0 Å². The quantitative estimate of drug-likeness (QED) is 0.518. The first-order chi connectivity index (χ1) is 9.14. The Morgan fingerprint density at radius 3 is 2.37 bits per heavy atom. The van der Waals surface area contributed by atoms with Gasteiger partial charge in [0.2, 0.25) is 0 Å². The highest BCUT2D eigenvalue weighted by molar-refractivity contribution is 4.98. The molecule has 19 heavy (non-hydrogen) atoms. The first-order valence-electron chi connectivity index (χ1n) is 8.07. The van der Waals surface area contributed by atoms with Gasteiger partial charge in [0.25, 0.3) is 0 Å². The van der Waals surface area contributed by atoms with Gasteiger partial charge in [0.1, 0.15) is 0 Å². The third kappa shape index (κ3) is 5.27. The summed E-state index contributed by atoms with van der Waals surface area (Å²) in [5, 5.41) is 3.75. The fourth-order valence-electron chi connectivity index (χ4n) is 3.28. The Labute approximate surface area is 120 Å². The average Bonchev–Trinajstić information content (AvgIpc) is 2.65. The molecular formula is C17H33NO. The normalized spacial score (nSPS) is 20.8. The predicted octanol–water partition coefficient (Wildman–Crippen LogP) is 4.45. The highest BCUT2D eigenvalue weighted by Crippen LogP contribution is 2.35. The van der Waals surface area contributed by atoms with E-state index in [1.165, 1.54) is 50.5 Å². The predicted molar refractivity (Wildman–Crippen MR) is 83.6 cm³/mol. The molecule has 1 aliphatic rings. The van der Waals surface area contributed by atoms with Crippen molar-refractivity contribution in [1.82, 2.24) is 5.32 Å². The van der Waals surface area contributed by atoms with Crippen molar-refractivity contribution in [2.75, 3.05) is 13.7 Å². The number of methoxy groups -OCH3 is 1. The largest absolute Gasteiger partial charge is 0.377 e. The molecule has 2 nitrogen and oxygen atoms in total. The molecule has 112 valence electrons. The highest BCUT2D eigenvalue weighted by Gasteiger charge is 2.38. The van der Waals surface area contributed by atoms with Crippen molar-refractivity contribution >= 4 is 0 Å². The Bertz CT molecular complexity index is 254. The summed E-state index contributed by atoms with van der Waals surface area (Å²) in [5.41, 5.74) is 1.34. The molecule has 2 heteroatoms. The van der Waals surface area contributed by atoms with Gasteiger partial charge < -0.3 is 10.1 Å². The second-order valence-corrected chi connectivity index (χ2v) is 6.19. The molecular weight excluding hydrogens is 234 g/mol. The maximum Gasteiger partial charge on any atom is 0.0831 e. The lowest BCUT2D eigenvalue weighted by Crippen LogP contribution is -2.52. The maximum atomic E-state index is 6.06. The molecule has 0 bridgehead atoms. The zero-order valence-corrected chi connectivity index (χ0v) is 13.3. The molecule has 1 fully saturated rings. The van der Waals surface area contributed by atoms with Crippen LogP contribution in [0.1, 0.15) is 71.6 Å². The van der Waals surface area contributed by atoms with Gasteiger partial charge in [-0.15, -0.1) is 6.58 Å². The molecule has 1 atom stereocenters. The molecule has 1 unspecified atom stereocenters. The summed E-state index contributed by atoms with van der Waals surface area (Å²) < 4.78 is 6.06. The fraction of sp³-hybridized carbons (Fsp3) is 0.882. The van der Waals surface area contributed by atoms with Gasteiger partial charge in [-0.2, -0.15) is 0 Å². The van der Waals surface area contributed by atoms with Crippen molar-refractivity contribution in [3.63, 3.8) is 0 Å². The second-order valence-electron chi connectivity index (χ2n) is 6.19. The molecule has 0 saturated heterocycles. The Morgan fingerprint density at radius 2 is 1.89 bits per heavy atom. The first-order valence-corrected chi connectivity index (χ1v) is 8.07.